The second-order valence-corrected chi connectivity index (χ2v) is 13.8. The topological polar surface area (TPSA) is 7.65 Å². The molecule has 8 aromatic carbocycles. The molecule has 0 spiro atoms. The van der Waals surface area contributed by atoms with Gasteiger partial charge in [0.15, 0.2) is 0 Å². The van der Waals surface area contributed by atoms with Crippen molar-refractivity contribution in [3.8, 4) is 44.5 Å². The third kappa shape index (κ3) is 5.62. The number of nitrogens with zero attached hydrogens (tertiary/aromatic N) is 2. The normalized spacial score (nSPS) is 11.3. The lowest BCUT2D eigenvalue weighted by molar-refractivity contribution is 1.26. The van der Waals surface area contributed by atoms with Gasteiger partial charge in [-0.3, -0.25) is 0 Å². The highest BCUT2D eigenvalue weighted by Gasteiger charge is 2.18. The van der Waals surface area contributed by atoms with Crippen LogP contribution in [0, 0.1) is 0 Å². The highest BCUT2D eigenvalue weighted by atomic mass is 15.1. The van der Waals surface area contributed by atoms with Crippen LogP contribution in [0.25, 0.3) is 71.7 Å². The van der Waals surface area contributed by atoms with Gasteiger partial charge in [-0.05, 0) is 110 Å². The Kier molecular flexibility index (Phi) is 7.85. The smallest absolute Gasteiger partial charge is 0.0541 e. The summed E-state index contributed by atoms with van der Waals surface area (Å²) in [5, 5.41) is 3.77. The maximum atomic E-state index is 2.36. The predicted octanol–water partition coefficient (Wildman–Crippen LogP) is 14.4. The van der Waals surface area contributed by atoms with Gasteiger partial charge in [0.1, 0.15) is 0 Å². The minimum atomic E-state index is 1.10. The standard InChI is InChI=1S/C52H36N2/c1-4-13-37(14-5-1)39-22-28-45(29-23-39)54(46-30-24-40(25-31-46)38-15-6-2-7-16-38)47-20-12-19-42(36-47)43-26-32-48-44(35-43)27-33-50-52(48)51(41-17-8-3-9-18-41)49-21-10-11-34-53(49)50/h1-36H. The highest BCUT2D eigenvalue weighted by Crippen LogP contribution is 2.42. The summed E-state index contributed by atoms with van der Waals surface area (Å²) in [4.78, 5) is 2.36. The predicted molar refractivity (Wildman–Crippen MR) is 229 cm³/mol. The number of fused-ring (bicyclic) bond motifs is 5. The SMILES string of the molecule is c1ccc(-c2ccc(N(c3ccc(-c4ccccc4)cc3)c3cccc(-c4ccc5c(ccc6c5c(-c5ccccc5)c5ccccn56)c4)c3)cc2)cc1. The van der Waals surface area contributed by atoms with E-state index in [-0.39, 0.29) is 0 Å². The summed E-state index contributed by atoms with van der Waals surface area (Å²) >= 11 is 0. The van der Waals surface area contributed by atoms with E-state index in [1.54, 1.807) is 0 Å². The molecular weight excluding hydrogens is 653 g/mol. The average molecular weight is 689 g/mol. The van der Waals surface area contributed by atoms with Crippen LogP contribution in [-0.4, -0.2) is 4.40 Å². The van der Waals surface area contributed by atoms with Gasteiger partial charge in [0.2, 0.25) is 0 Å². The first-order valence-corrected chi connectivity index (χ1v) is 18.5. The van der Waals surface area contributed by atoms with Crippen LogP contribution in [0.15, 0.2) is 219 Å². The van der Waals surface area contributed by atoms with Crippen molar-refractivity contribution in [3.05, 3.63) is 219 Å². The van der Waals surface area contributed by atoms with Gasteiger partial charge in [-0.2, -0.15) is 0 Å². The largest absolute Gasteiger partial charge is 0.316 e. The molecule has 2 heteroatoms. The number of hydrogen-bond acceptors (Lipinski definition) is 1. The summed E-state index contributed by atoms with van der Waals surface area (Å²) in [5.74, 6) is 0. The molecule has 0 bridgehead atoms. The van der Waals surface area contributed by atoms with Crippen LogP contribution >= 0.6 is 0 Å². The van der Waals surface area contributed by atoms with Gasteiger partial charge < -0.3 is 9.30 Å². The van der Waals surface area contributed by atoms with Gasteiger partial charge in [-0.1, -0.05) is 152 Å². The van der Waals surface area contributed by atoms with Crippen molar-refractivity contribution in [2.24, 2.45) is 0 Å². The summed E-state index contributed by atoms with van der Waals surface area (Å²) in [6, 6.07) is 76.6. The van der Waals surface area contributed by atoms with E-state index in [0.717, 1.165) is 17.1 Å². The molecule has 0 fully saturated rings. The second kappa shape index (κ2) is 13.4. The van der Waals surface area contributed by atoms with Gasteiger partial charge in [0.25, 0.3) is 0 Å². The van der Waals surface area contributed by atoms with Crippen LogP contribution in [-0.2, 0) is 0 Å². The minimum absolute atomic E-state index is 1.10. The third-order valence-corrected chi connectivity index (χ3v) is 10.6. The third-order valence-electron chi connectivity index (χ3n) is 10.6. The van der Waals surface area contributed by atoms with Crippen LogP contribution < -0.4 is 4.90 Å². The second-order valence-electron chi connectivity index (χ2n) is 13.8. The summed E-state index contributed by atoms with van der Waals surface area (Å²) < 4.78 is 2.32. The van der Waals surface area contributed by atoms with E-state index in [0.29, 0.717) is 0 Å². The van der Waals surface area contributed by atoms with Crippen LogP contribution in [0.3, 0.4) is 0 Å². The lowest BCUT2D eigenvalue weighted by Gasteiger charge is -2.26. The Morgan fingerprint density at radius 3 is 1.46 bits per heavy atom. The molecule has 0 saturated carbocycles. The summed E-state index contributed by atoms with van der Waals surface area (Å²) in [7, 11) is 0. The molecule has 0 aliphatic heterocycles. The molecule has 54 heavy (non-hydrogen) atoms. The molecule has 2 aromatic heterocycles. The average Bonchev–Trinajstić information content (AvgIpc) is 3.60. The first kappa shape index (κ1) is 31.6. The highest BCUT2D eigenvalue weighted by molar-refractivity contribution is 6.19. The molecule has 0 unspecified atom stereocenters. The Hall–Kier alpha value is -7.16. The first-order valence-electron chi connectivity index (χ1n) is 18.5. The molecule has 2 nitrogen and oxygen atoms in total. The van der Waals surface area contributed by atoms with E-state index in [9.17, 15) is 0 Å². The quantitative estimate of drug-likeness (QED) is 0.162. The van der Waals surface area contributed by atoms with Gasteiger partial charge in [0.05, 0.1) is 11.0 Å². The van der Waals surface area contributed by atoms with Crippen LogP contribution in [0.5, 0.6) is 0 Å². The van der Waals surface area contributed by atoms with Gasteiger partial charge in [-0.25, -0.2) is 0 Å². The molecule has 2 heterocycles. The maximum absolute atomic E-state index is 2.36. The fraction of sp³-hybridized carbons (Fsp3) is 0. The Balaban J connectivity index is 1.08. The molecular formula is C52H36N2. The molecule has 0 N–H and O–H groups in total. The number of hydrogen-bond donors (Lipinski definition) is 0. The van der Waals surface area contributed by atoms with E-state index in [4.69, 9.17) is 0 Å². The van der Waals surface area contributed by atoms with Crippen molar-refractivity contribution in [2.45, 2.75) is 0 Å². The molecule has 10 aromatic rings. The van der Waals surface area contributed by atoms with Crippen molar-refractivity contribution < 1.29 is 0 Å². The zero-order chi connectivity index (χ0) is 35.8. The van der Waals surface area contributed by atoms with Crippen LogP contribution in [0.2, 0.25) is 0 Å². The fourth-order valence-corrected chi connectivity index (χ4v) is 7.98. The monoisotopic (exact) mass is 688 g/mol. The van der Waals surface area contributed by atoms with Crippen molar-refractivity contribution >= 4 is 44.3 Å². The molecule has 0 saturated heterocycles. The van der Waals surface area contributed by atoms with E-state index in [2.05, 4.69) is 228 Å². The molecule has 0 aliphatic rings. The Morgan fingerprint density at radius 1 is 0.315 bits per heavy atom. The Labute approximate surface area is 315 Å². The number of aromatic nitrogens is 1. The first-order chi connectivity index (χ1) is 26.8. The molecule has 0 atom stereocenters. The van der Waals surface area contributed by atoms with Crippen LogP contribution in [0.1, 0.15) is 0 Å². The lowest BCUT2D eigenvalue weighted by atomic mass is 9.95. The number of rotatable bonds is 7. The Morgan fingerprint density at radius 2 is 0.833 bits per heavy atom. The van der Waals surface area contributed by atoms with E-state index >= 15 is 0 Å². The zero-order valence-corrected chi connectivity index (χ0v) is 29.7. The summed E-state index contributed by atoms with van der Waals surface area (Å²) in [5.41, 5.74) is 15.4. The number of anilines is 3. The van der Waals surface area contributed by atoms with Crippen molar-refractivity contribution in [2.75, 3.05) is 4.90 Å². The molecule has 254 valence electrons. The zero-order valence-electron chi connectivity index (χ0n) is 29.7. The molecule has 0 amide bonds. The maximum Gasteiger partial charge on any atom is 0.0541 e. The van der Waals surface area contributed by atoms with E-state index in [1.165, 1.54) is 71.7 Å². The van der Waals surface area contributed by atoms with E-state index < -0.39 is 0 Å². The summed E-state index contributed by atoms with van der Waals surface area (Å²) in [6.45, 7) is 0. The van der Waals surface area contributed by atoms with Crippen molar-refractivity contribution in [1.29, 1.82) is 0 Å². The minimum Gasteiger partial charge on any atom is -0.316 e. The molecule has 0 aliphatic carbocycles. The van der Waals surface area contributed by atoms with Gasteiger partial charge in [-0.15, -0.1) is 0 Å². The fourth-order valence-electron chi connectivity index (χ4n) is 7.98. The van der Waals surface area contributed by atoms with E-state index in [1.807, 2.05) is 0 Å². The molecule has 0 radical (unpaired) electrons. The summed E-state index contributed by atoms with van der Waals surface area (Å²) in [6.07, 6.45) is 2.17. The van der Waals surface area contributed by atoms with Crippen molar-refractivity contribution in [1.82, 2.24) is 4.40 Å². The van der Waals surface area contributed by atoms with Crippen molar-refractivity contribution in [3.63, 3.8) is 0 Å². The molecule has 10 rings (SSSR count). The lowest BCUT2D eigenvalue weighted by Crippen LogP contribution is -2.10. The van der Waals surface area contributed by atoms with Crippen LogP contribution in [0.4, 0.5) is 17.1 Å². The van der Waals surface area contributed by atoms with Gasteiger partial charge in [0, 0.05) is 34.2 Å². The number of benzene rings is 8. The Bertz CT molecular complexity index is 2810. The van der Waals surface area contributed by atoms with Gasteiger partial charge >= 0.3 is 0 Å². The number of pyridine rings is 1.